The van der Waals surface area contributed by atoms with Crippen LogP contribution in [0.1, 0.15) is 19.3 Å². The van der Waals surface area contributed by atoms with Gasteiger partial charge in [0.2, 0.25) is 0 Å². The highest BCUT2D eigenvalue weighted by Gasteiger charge is 2.33. The molecule has 3 fully saturated rings. The highest BCUT2D eigenvalue weighted by molar-refractivity contribution is 5.37. The topological polar surface area (TPSA) is 55.6 Å². The van der Waals surface area contributed by atoms with Gasteiger partial charge >= 0.3 is 0 Å². The Balaban J connectivity index is 1.60. The molecular formula is C14H18N2O3. The number of piperidine rings is 3. The van der Waals surface area contributed by atoms with E-state index < -0.39 is 0 Å². The van der Waals surface area contributed by atoms with Crippen LogP contribution >= 0.6 is 0 Å². The largest absolute Gasteiger partial charge is 0.492 e. The van der Waals surface area contributed by atoms with E-state index in [1.54, 1.807) is 12.1 Å². The molecule has 5 heteroatoms. The molecule has 0 aromatic heterocycles. The number of benzene rings is 1. The van der Waals surface area contributed by atoms with Crippen molar-refractivity contribution in [3.05, 3.63) is 34.4 Å². The first-order valence-corrected chi connectivity index (χ1v) is 6.83. The summed E-state index contributed by atoms with van der Waals surface area (Å²) in [7, 11) is 0. The van der Waals surface area contributed by atoms with Gasteiger partial charge in [-0.15, -0.1) is 0 Å². The van der Waals surface area contributed by atoms with Crippen LogP contribution in [0, 0.1) is 16.0 Å². The quantitative estimate of drug-likeness (QED) is 0.618. The number of nitro benzene ring substituents is 1. The molecule has 4 rings (SSSR count). The van der Waals surface area contributed by atoms with Crippen LogP contribution in [0.2, 0.25) is 0 Å². The lowest BCUT2D eigenvalue weighted by Gasteiger charge is -2.45. The Bertz CT molecular complexity index is 470. The van der Waals surface area contributed by atoms with Crippen LogP contribution < -0.4 is 4.74 Å². The van der Waals surface area contributed by atoms with Crippen molar-refractivity contribution in [1.82, 2.24) is 4.90 Å². The SMILES string of the molecule is O=[N+]([O-])c1cccc(OC[C@@H]2CC3CCN2CC3)c1. The van der Waals surface area contributed by atoms with Gasteiger partial charge in [0.15, 0.2) is 0 Å². The lowest BCUT2D eigenvalue weighted by atomic mass is 9.83. The Morgan fingerprint density at radius 3 is 2.79 bits per heavy atom. The number of rotatable bonds is 4. The van der Waals surface area contributed by atoms with Crippen molar-refractivity contribution in [2.75, 3.05) is 19.7 Å². The third-order valence-corrected chi connectivity index (χ3v) is 4.24. The molecule has 0 aliphatic carbocycles. The minimum absolute atomic E-state index is 0.0861. The van der Waals surface area contributed by atoms with Crippen LogP contribution in [0.5, 0.6) is 5.75 Å². The molecule has 0 N–H and O–H groups in total. The van der Waals surface area contributed by atoms with Crippen molar-refractivity contribution >= 4 is 5.69 Å². The second-order valence-corrected chi connectivity index (χ2v) is 5.43. The van der Waals surface area contributed by atoms with E-state index in [2.05, 4.69) is 4.90 Å². The van der Waals surface area contributed by atoms with Gasteiger partial charge in [-0.05, 0) is 44.3 Å². The monoisotopic (exact) mass is 262 g/mol. The lowest BCUT2D eigenvalue weighted by molar-refractivity contribution is -0.384. The molecule has 3 saturated heterocycles. The zero-order valence-corrected chi connectivity index (χ0v) is 10.8. The van der Waals surface area contributed by atoms with E-state index in [4.69, 9.17) is 4.74 Å². The van der Waals surface area contributed by atoms with Gasteiger partial charge in [-0.3, -0.25) is 15.0 Å². The van der Waals surface area contributed by atoms with Gasteiger partial charge in [0, 0.05) is 12.1 Å². The van der Waals surface area contributed by atoms with Crippen LogP contribution in [0.3, 0.4) is 0 Å². The van der Waals surface area contributed by atoms with Crippen LogP contribution in [0.4, 0.5) is 5.69 Å². The van der Waals surface area contributed by atoms with E-state index in [0.29, 0.717) is 18.4 Å². The molecule has 0 amide bonds. The maximum Gasteiger partial charge on any atom is 0.273 e. The number of hydrogen-bond donors (Lipinski definition) is 0. The van der Waals surface area contributed by atoms with Gasteiger partial charge in [0.05, 0.1) is 11.0 Å². The van der Waals surface area contributed by atoms with Gasteiger partial charge in [0.25, 0.3) is 5.69 Å². The van der Waals surface area contributed by atoms with Gasteiger partial charge in [-0.2, -0.15) is 0 Å². The summed E-state index contributed by atoms with van der Waals surface area (Å²) < 4.78 is 5.74. The van der Waals surface area contributed by atoms with Gasteiger partial charge in [-0.1, -0.05) is 6.07 Å². The molecule has 0 unspecified atom stereocenters. The lowest BCUT2D eigenvalue weighted by Crippen LogP contribution is -2.51. The van der Waals surface area contributed by atoms with Crippen molar-refractivity contribution in [3.8, 4) is 5.75 Å². The first-order valence-electron chi connectivity index (χ1n) is 6.83. The average molecular weight is 262 g/mol. The van der Waals surface area contributed by atoms with Crippen LogP contribution in [-0.4, -0.2) is 35.6 Å². The third kappa shape index (κ3) is 2.71. The van der Waals surface area contributed by atoms with Crippen molar-refractivity contribution in [2.24, 2.45) is 5.92 Å². The number of non-ortho nitro benzene ring substituents is 1. The molecule has 3 aliphatic heterocycles. The highest BCUT2D eigenvalue weighted by Crippen LogP contribution is 2.32. The van der Waals surface area contributed by atoms with Crippen molar-refractivity contribution in [3.63, 3.8) is 0 Å². The molecule has 0 saturated carbocycles. The van der Waals surface area contributed by atoms with Crippen LogP contribution in [0.15, 0.2) is 24.3 Å². The first kappa shape index (κ1) is 12.4. The second kappa shape index (κ2) is 5.17. The minimum atomic E-state index is -0.390. The number of fused-ring (bicyclic) bond motifs is 3. The summed E-state index contributed by atoms with van der Waals surface area (Å²) in [6, 6.07) is 6.91. The number of ether oxygens (including phenoxy) is 1. The van der Waals surface area contributed by atoms with E-state index in [1.165, 1.54) is 44.5 Å². The summed E-state index contributed by atoms with van der Waals surface area (Å²) in [6.45, 7) is 2.99. The fourth-order valence-corrected chi connectivity index (χ4v) is 3.14. The van der Waals surface area contributed by atoms with Crippen molar-refractivity contribution in [1.29, 1.82) is 0 Å². The molecule has 5 nitrogen and oxygen atoms in total. The Morgan fingerprint density at radius 2 is 2.16 bits per heavy atom. The second-order valence-electron chi connectivity index (χ2n) is 5.43. The van der Waals surface area contributed by atoms with E-state index in [0.717, 1.165) is 5.92 Å². The summed E-state index contributed by atoms with van der Waals surface area (Å²) in [6.07, 6.45) is 3.83. The molecule has 19 heavy (non-hydrogen) atoms. The molecular weight excluding hydrogens is 244 g/mol. The van der Waals surface area contributed by atoms with Gasteiger partial charge in [0.1, 0.15) is 12.4 Å². The zero-order chi connectivity index (χ0) is 13.2. The van der Waals surface area contributed by atoms with E-state index in [1.807, 2.05) is 0 Å². The van der Waals surface area contributed by atoms with E-state index in [-0.39, 0.29) is 10.6 Å². The summed E-state index contributed by atoms with van der Waals surface area (Å²) >= 11 is 0. The maximum atomic E-state index is 10.7. The van der Waals surface area contributed by atoms with Crippen LogP contribution in [0.25, 0.3) is 0 Å². The molecule has 1 atom stereocenters. The summed E-state index contributed by atoms with van der Waals surface area (Å²) in [4.78, 5) is 12.8. The third-order valence-electron chi connectivity index (χ3n) is 4.24. The molecule has 1 aromatic carbocycles. The number of nitro groups is 1. The fraction of sp³-hybridized carbons (Fsp3) is 0.571. The summed E-state index contributed by atoms with van der Waals surface area (Å²) in [5, 5.41) is 10.7. The zero-order valence-electron chi connectivity index (χ0n) is 10.8. The Labute approximate surface area is 112 Å². The molecule has 1 aromatic rings. The summed E-state index contributed by atoms with van der Waals surface area (Å²) in [5.74, 6) is 1.44. The highest BCUT2D eigenvalue weighted by atomic mass is 16.6. The number of nitrogens with zero attached hydrogens (tertiary/aromatic N) is 2. The normalized spacial score (nSPS) is 29.2. The first-order chi connectivity index (χ1) is 9.22. The maximum absolute atomic E-state index is 10.7. The average Bonchev–Trinajstić information content (AvgIpc) is 2.47. The molecule has 3 aliphatic rings. The minimum Gasteiger partial charge on any atom is -0.492 e. The molecule has 102 valence electrons. The Kier molecular flexibility index (Phi) is 3.38. The summed E-state index contributed by atoms with van der Waals surface area (Å²) in [5.41, 5.74) is 0.0861. The molecule has 3 heterocycles. The van der Waals surface area contributed by atoms with Gasteiger partial charge < -0.3 is 4.74 Å². The predicted molar refractivity (Wildman–Crippen MR) is 71.3 cm³/mol. The Hall–Kier alpha value is -1.62. The van der Waals surface area contributed by atoms with E-state index >= 15 is 0 Å². The molecule has 0 spiro atoms. The number of hydrogen-bond acceptors (Lipinski definition) is 4. The smallest absolute Gasteiger partial charge is 0.273 e. The van der Waals surface area contributed by atoms with Crippen molar-refractivity contribution in [2.45, 2.75) is 25.3 Å². The molecule has 0 radical (unpaired) electrons. The molecule has 2 bridgehead atoms. The predicted octanol–water partition coefficient (Wildman–Crippen LogP) is 2.46. The van der Waals surface area contributed by atoms with E-state index in [9.17, 15) is 10.1 Å². The van der Waals surface area contributed by atoms with Crippen LogP contribution in [-0.2, 0) is 0 Å². The Morgan fingerprint density at radius 1 is 1.37 bits per heavy atom. The van der Waals surface area contributed by atoms with Gasteiger partial charge in [-0.25, -0.2) is 0 Å². The fourth-order valence-electron chi connectivity index (χ4n) is 3.14. The standard InChI is InChI=1S/C14H18N2O3/c17-16(18)12-2-1-3-14(9-12)19-10-13-8-11-4-6-15(13)7-5-11/h1-3,9,11,13H,4-8,10H2/t13-/m0/s1. The van der Waals surface area contributed by atoms with Crippen molar-refractivity contribution < 1.29 is 9.66 Å².